The van der Waals surface area contributed by atoms with E-state index in [2.05, 4.69) is 5.32 Å². The van der Waals surface area contributed by atoms with Crippen molar-refractivity contribution >= 4 is 9.84 Å². The predicted octanol–water partition coefficient (Wildman–Crippen LogP) is -0.323. The second-order valence-corrected chi connectivity index (χ2v) is 5.20. The Labute approximate surface area is 72.5 Å². The fourth-order valence-corrected chi connectivity index (χ4v) is 2.73. The molecule has 4 nitrogen and oxygen atoms in total. The van der Waals surface area contributed by atoms with Crippen molar-refractivity contribution in [2.24, 2.45) is 0 Å². The van der Waals surface area contributed by atoms with Gasteiger partial charge >= 0.3 is 0 Å². The Morgan fingerprint density at radius 3 is 2.50 bits per heavy atom. The van der Waals surface area contributed by atoms with Crippen LogP contribution in [0.5, 0.6) is 0 Å². The molecule has 0 unspecified atom stereocenters. The molecule has 0 aromatic heterocycles. The molecule has 68 valence electrons. The maximum absolute atomic E-state index is 11.3. The lowest BCUT2D eigenvalue weighted by molar-refractivity contribution is 0.498. The van der Waals surface area contributed by atoms with Crippen LogP contribution in [-0.4, -0.2) is 32.5 Å². The fraction of sp³-hybridized carbons (Fsp3) is 0.857. The third kappa shape index (κ3) is 2.19. The number of rotatable bonds is 2. The molecule has 0 aromatic rings. The van der Waals surface area contributed by atoms with Crippen LogP contribution in [-0.2, 0) is 9.84 Å². The van der Waals surface area contributed by atoms with E-state index in [-0.39, 0.29) is 11.0 Å². The zero-order valence-corrected chi connectivity index (χ0v) is 7.60. The number of nitriles is 1. The number of nitrogens with one attached hydrogen (secondary N) is 1. The molecule has 1 fully saturated rings. The smallest absolute Gasteiger partial charge is 0.166 e. The van der Waals surface area contributed by atoms with Crippen molar-refractivity contribution in [3.63, 3.8) is 0 Å². The first-order chi connectivity index (χ1) is 5.67. The lowest BCUT2D eigenvalue weighted by Crippen LogP contribution is -2.36. The largest absolute Gasteiger partial charge is 0.317 e. The molecule has 1 rings (SSSR count). The molecule has 0 aromatic carbocycles. The first-order valence-electron chi connectivity index (χ1n) is 3.96. The molecular weight excluding hydrogens is 176 g/mol. The highest BCUT2D eigenvalue weighted by molar-refractivity contribution is 7.92. The van der Waals surface area contributed by atoms with Gasteiger partial charge in [-0.15, -0.1) is 0 Å². The van der Waals surface area contributed by atoms with Gasteiger partial charge in [0.15, 0.2) is 9.84 Å². The minimum atomic E-state index is -3.13. The average molecular weight is 188 g/mol. The van der Waals surface area contributed by atoms with E-state index >= 15 is 0 Å². The van der Waals surface area contributed by atoms with Crippen molar-refractivity contribution in [2.45, 2.75) is 18.1 Å². The Balaban J connectivity index is 2.62. The monoisotopic (exact) mass is 188 g/mol. The SMILES string of the molecule is N#CCS(=O)(=O)C1CCNCC1. The van der Waals surface area contributed by atoms with Crippen molar-refractivity contribution in [1.82, 2.24) is 5.32 Å². The minimum absolute atomic E-state index is 0.293. The van der Waals surface area contributed by atoms with Gasteiger partial charge in [0, 0.05) is 0 Å². The summed E-state index contributed by atoms with van der Waals surface area (Å²) in [6.45, 7) is 1.49. The summed E-state index contributed by atoms with van der Waals surface area (Å²) in [6, 6.07) is 1.70. The van der Waals surface area contributed by atoms with E-state index in [1.54, 1.807) is 6.07 Å². The molecule has 0 bridgehead atoms. The average Bonchev–Trinajstić information content (AvgIpc) is 2.06. The summed E-state index contributed by atoms with van der Waals surface area (Å²) < 4.78 is 22.7. The summed E-state index contributed by atoms with van der Waals surface area (Å²) >= 11 is 0. The van der Waals surface area contributed by atoms with Gasteiger partial charge in [0.2, 0.25) is 0 Å². The van der Waals surface area contributed by atoms with Crippen LogP contribution in [0, 0.1) is 11.3 Å². The van der Waals surface area contributed by atoms with E-state index in [9.17, 15) is 8.42 Å². The summed E-state index contributed by atoms with van der Waals surface area (Å²) in [6.07, 6.45) is 1.29. The summed E-state index contributed by atoms with van der Waals surface area (Å²) in [5.74, 6) is -0.336. The summed E-state index contributed by atoms with van der Waals surface area (Å²) in [5.41, 5.74) is 0. The minimum Gasteiger partial charge on any atom is -0.317 e. The van der Waals surface area contributed by atoms with Crippen molar-refractivity contribution in [3.05, 3.63) is 0 Å². The van der Waals surface area contributed by atoms with E-state index in [1.165, 1.54) is 0 Å². The van der Waals surface area contributed by atoms with E-state index < -0.39 is 9.84 Å². The van der Waals surface area contributed by atoms with Crippen LogP contribution in [0.1, 0.15) is 12.8 Å². The van der Waals surface area contributed by atoms with Gasteiger partial charge in [-0.2, -0.15) is 5.26 Å². The topological polar surface area (TPSA) is 70.0 Å². The van der Waals surface area contributed by atoms with E-state index in [0.717, 1.165) is 13.1 Å². The normalized spacial score (nSPS) is 20.2. The highest BCUT2D eigenvalue weighted by Gasteiger charge is 2.26. The second-order valence-electron chi connectivity index (χ2n) is 2.91. The Kier molecular flexibility index (Phi) is 3.06. The third-order valence-corrected chi connectivity index (χ3v) is 4.08. The van der Waals surface area contributed by atoms with Gasteiger partial charge in [0.1, 0.15) is 5.75 Å². The molecule has 5 heteroatoms. The molecule has 0 aliphatic carbocycles. The van der Waals surface area contributed by atoms with Crippen LogP contribution in [0.25, 0.3) is 0 Å². The number of sulfone groups is 1. The summed E-state index contributed by atoms with van der Waals surface area (Å²) in [7, 11) is -3.13. The molecule has 1 heterocycles. The van der Waals surface area contributed by atoms with Crippen LogP contribution < -0.4 is 5.32 Å². The molecule has 12 heavy (non-hydrogen) atoms. The fourth-order valence-electron chi connectivity index (χ4n) is 1.36. The van der Waals surface area contributed by atoms with Crippen molar-refractivity contribution in [2.75, 3.05) is 18.8 Å². The van der Waals surface area contributed by atoms with Crippen LogP contribution in [0.4, 0.5) is 0 Å². The number of piperidine rings is 1. The van der Waals surface area contributed by atoms with Gasteiger partial charge in [0.05, 0.1) is 11.3 Å². The van der Waals surface area contributed by atoms with Crippen molar-refractivity contribution in [3.8, 4) is 6.07 Å². The number of hydrogen-bond donors (Lipinski definition) is 1. The quantitative estimate of drug-likeness (QED) is 0.644. The van der Waals surface area contributed by atoms with Crippen LogP contribution in [0.2, 0.25) is 0 Å². The lowest BCUT2D eigenvalue weighted by atomic mass is 10.2. The van der Waals surface area contributed by atoms with Crippen LogP contribution in [0.15, 0.2) is 0 Å². The maximum atomic E-state index is 11.3. The molecule has 1 aliphatic rings. The zero-order chi connectivity index (χ0) is 9.03. The molecule has 0 spiro atoms. The second kappa shape index (κ2) is 3.87. The van der Waals surface area contributed by atoms with Gasteiger partial charge in [-0.25, -0.2) is 8.42 Å². The van der Waals surface area contributed by atoms with Gasteiger partial charge in [0.25, 0.3) is 0 Å². The van der Waals surface area contributed by atoms with Crippen LogP contribution in [0.3, 0.4) is 0 Å². The summed E-state index contributed by atoms with van der Waals surface area (Å²) in [4.78, 5) is 0. The van der Waals surface area contributed by atoms with Gasteiger partial charge in [-0.1, -0.05) is 0 Å². The van der Waals surface area contributed by atoms with E-state index in [0.29, 0.717) is 12.8 Å². The standard InChI is InChI=1S/C7H12N2O2S/c8-3-6-12(10,11)7-1-4-9-5-2-7/h7,9H,1-2,4-6H2. The van der Waals surface area contributed by atoms with Crippen LogP contribution >= 0.6 is 0 Å². The lowest BCUT2D eigenvalue weighted by Gasteiger charge is -2.21. The highest BCUT2D eigenvalue weighted by Crippen LogP contribution is 2.13. The van der Waals surface area contributed by atoms with Crippen molar-refractivity contribution < 1.29 is 8.42 Å². The Bertz CT molecular complexity index is 272. The Morgan fingerprint density at radius 2 is 2.00 bits per heavy atom. The zero-order valence-electron chi connectivity index (χ0n) is 6.78. The highest BCUT2D eigenvalue weighted by atomic mass is 32.2. The molecule has 1 aliphatic heterocycles. The maximum Gasteiger partial charge on any atom is 0.166 e. The molecular formula is C7H12N2O2S. The van der Waals surface area contributed by atoms with Crippen molar-refractivity contribution in [1.29, 1.82) is 5.26 Å². The molecule has 0 radical (unpaired) electrons. The molecule has 1 N–H and O–H groups in total. The Morgan fingerprint density at radius 1 is 1.42 bits per heavy atom. The number of hydrogen-bond acceptors (Lipinski definition) is 4. The molecule has 1 saturated heterocycles. The van der Waals surface area contributed by atoms with Gasteiger partial charge in [-0.05, 0) is 25.9 Å². The third-order valence-electron chi connectivity index (χ3n) is 2.06. The number of nitrogens with zero attached hydrogens (tertiary/aromatic N) is 1. The van der Waals surface area contributed by atoms with E-state index in [4.69, 9.17) is 5.26 Å². The van der Waals surface area contributed by atoms with E-state index in [1.807, 2.05) is 0 Å². The Hall–Kier alpha value is -0.600. The first-order valence-corrected chi connectivity index (χ1v) is 5.67. The molecule has 0 atom stereocenters. The molecule has 0 amide bonds. The summed E-state index contributed by atoms with van der Waals surface area (Å²) in [5, 5.41) is 11.1. The first kappa shape index (κ1) is 9.49. The molecule has 0 saturated carbocycles. The van der Waals surface area contributed by atoms with Gasteiger partial charge < -0.3 is 5.32 Å². The van der Waals surface area contributed by atoms with Gasteiger partial charge in [-0.3, -0.25) is 0 Å². The predicted molar refractivity (Wildman–Crippen MR) is 45.3 cm³/mol.